The van der Waals surface area contributed by atoms with Gasteiger partial charge in [-0.25, -0.2) is 9.67 Å². The number of hydrogen-bond acceptors (Lipinski definition) is 5. The second-order valence-electron chi connectivity index (χ2n) is 7.80. The van der Waals surface area contributed by atoms with E-state index in [-0.39, 0.29) is 11.5 Å². The largest absolute Gasteiger partial charge is 0.385 e. The fourth-order valence-electron chi connectivity index (χ4n) is 3.29. The van der Waals surface area contributed by atoms with Gasteiger partial charge < -0.3 is 9.67 Å². The van der Waals surface area contributed by atoms with Crippen LogP contribution in [0.25, 0.3) is 0 Å². The molecule has 7 heteroatoms. The van der Waals surface area contributed by atoms with Crippen molar-refractivity contribution in [3.8, 4) is 0 Å². The highest BCUT2D eigenvalue weighted by atomic mass is 16.3. The van der Waals surface area contributed by atoms with Gasteiger partial charge in [0.05, 0.1) is 17.4 Å². The molecule has 2 aromatic heterocycles. The Morgan fingerprint density at radius 1 is 1.38 bits per heavy atom. The van der Waals surface area contributed by atoms with Crippen LogP contribution in [0.2, 0.25) is 0 Å². The van der Waals surface area contributed by atoms with Gasteiger partial charge in [-0.1, -0.05) is 5.21 Å². The van der Waals surface area contributed by atoms with E-state index in [0.29, 0.717) is 0 Å². The van der Waals surface area contributed by atoms with Crippen LogP contribution in [0.5, 0.6) is 0 Å². The molecule has 0 spiro atoms. The van der Waals surface area contributed by atoms with E-state index >= 15 is 0 Å². The molecule has 2 atom stereocenters. The molecule has 0 aliphatic carbocycles. The topological polar surface area (TPSA) is 72.0 Å². The molecule has 1 aliphatic rings. The average Bonchev–Trinajstić information content (AvgIpc) is 3.15. The second kappa shape index (κ2) is 6.64. The molecule has 24 heavy (non-hydrogen) atoms. The first-order valence-electron chi connectivity index (χ1n) is 8.64. The summed E-state index contributed by atoms with van der Waals surface area (Å²) in [7, 11) is 1.93. The Morgan fingerprint density at radius 2 is 2.17 bits per heavy atom. The van der Waals surface area contributed by atoms with Gasteiger partial charge in [-0.3, -0.25) is 4.90 Å². The highest BCUT2D eigenvalue weighted by molar-refractivity contribution is 5.00. The molecule has 3 heterocycles. The van der Waals surface area contributed by atoms with Crippen LogP contribution >= 0.6 is 0 Å². The predicted molar refractivity (Wildman–Crippen MR) is 91.2 cm³/mol. The molecule has 1 aliphatic heterocycles. The fourth-order valence-corrected chi connectivity index (χ4v) is 3.29. The van der Waals surface area contributed by atoms with Crippen molar-refractivity contribution in [1.29, 1.82) is 0 Å². The number of aryl methyl sites for hydroxylation is 1. The van der Waals surface area contributed by atoms with Crippen molar-refractivity contribution >= 4 is 0 Å². The Balaban J connectivity index is 1.63. The average molecular weight is 332 g/mol. The molecule has 0 radical (unpaired) electrons. The first-order chi connectivity index (χ1) is 11.3. The van der Waals surface area contributed by atoms with Gasteiger partial charge >= 0.3 is 0 Å². The lowest BCUT2D eigenvalue weighted by Gasteiger charge is -2.34. The van der Waals surface area contributed by atoms with Crippen LogP contribution in [0.3, 0.4) is 0 Å². The zero-order valence-corrected chi connectivity index (χ0v) is 15.1. The Kier molecular flexibility index (Phi) is 4.73. The summed E-state index contributed by atoms with van der Waals surface area (Å²) in [5.41, 5.74) is 0.932. The molecule has 2 aromatic rings. The third-order valence-electron chi connectivity index (χ3n) is 4.73. The molecular weight excluding hydrogens is 304 g/mol. The molecule has 1 fully saturated rings. The third-order valence-corrected chi connectivity index (χ3v) is 4.73. The highest BCUT2D eigenvalue weighted by Crippen LogP contribution is 2.29. The minimum atomic E-state index is -0.516. The Labute approximate surface area is 143 Å². The maximum absolute atomic E-state index is 10.7. The summed E-state index contributed by atoms with van der Waals surface area (Å²) in [4.78, 5) is 6.66. The van der Waals surface area contributed by atoms with Gasteiger partial charge in [0.25, 0.3) is 0 Å². The normalized spacial score (nSPS) is 21.1. The van der Waals surface area contributed by atoms with Crippen molar-refractivity contribution in [2.45, 2.75) is 51.8 Å². The Bertz CT molecular complexity index is 671. The summed E-state index contributed by atoms with van der Waals surface area (Å²) in [5.74, 6) is 0.957. The van der Waals surface area contributed by atoms with Crippen LogP contribution < -0.4 is 0 Å². The summed E-state index contributed by atoms with van der Waals surface area (Å²) >= 11 is 0. The molecule has 0 amide bonds. The van der Waals surface area contributed by atoms with Crippen molar-refractivity contribution < 1.29 is 5.11 Å². The van der Waals surface area contributed by atoms with E-state index in [1.807, 2.05) is 28.7 Å². The van der Waals surface area contributed by atoms with E-state index < -0.39 is 6.10 Å². The lowest BCUT2D eigenvalue weighted by atomic mass is 9.92. The number of rotatable bonds is 4. The quantitative estimate of drug-likeness (QED) is 0.923. The van der Waals surface area contributed by atoms with Gasteiger partial charge in [0.2, 0.25) is 0 Å². The first kappa shape index (κ1) is 17.1. The van der Waals surface area contributed by atoms with Gasteiger partial charge in [-0.2, -0.15) is 0 Å². The molecule has 0 bridgehead atoms. The summed E-state index contributed by atoms with van der Waals surface area (Å²) < 4.78 is 3.81. The second-order valence-corrected chi connectivity index (χ2v) is 7.80. The van der Waals surface area contributed by atoms with Gasteiger partial charge in [0.1, 0.15) is 11.9 Å². The van der Waals surface area contributed by atoms with E-state index in [9.17, 15) is 5.11 Å². The molecule has 0 unspecified atom stereocenters. The van der Waals surface area contributed by atoms with Gasteiger partial charge in [-0.05, 0) is 40.2 Å². The molecule has 7 nitrogen and oxygen atoms in total. The number of aliphatic hydroxyl groups is 1. The van der Waals surface area contributed by atoms with Crippen LogP contribution in [0.15, 0.2) is 18.6 Å². The number of aliphatic hydroxyl groups excluding tert-OH is 1. The van der Waals surface area contributed by atoms with E-state index in [4.69, 9.17) is 0 Å². The van der Waals surface area contributed by atoms with Crippen LogP contribution in [0, 0.1) is 5.92 Å². The first-order valence-corrected chi connectivity index (χ1v) is 8.64. The molecule has 0 saturated carbocycles. The summed E-state index contributed by atoms with van der Waals surface area (Å²) in [5, 5.41) is 19.2. The summed E-state index contributed by atoms with van der Waals surface area (Å²) in [6.45, 7) is 9.02. The smallest absolute Gasteiger partial charge is 0.137 e. The number of piperidine rings is 1. The van der Waals surface area contributed by atoms with Crippen LogP contribution in [0.1, 0.15) is 51.2 Å². The predicted octanol–water partition coefficient (Wildman–Crippen LogP) is 1.71. The van der Waals surface area contributed by atoms with Crippen molar-refractivity contribution in [2.24, 2.45) is 13.0 Å². The zero-order valence-electron chi connectivity index (χ0n) is 15.1. The summed E-state index contributed by atoms with van der Waals surface area (Å²) in [6, 6.07) is 0. The molecule has 0 aromatic carbocycles. The Morgan fingerprint density at radius 3 is 2.79 bits per heavy atom. The highest BCUT2D eigenvalue weighted by Gasteiger charge is 2.29. The van der Waals surface area contributed by atoms with Crippen molar-refractivity contribution in [3.63, 3.8) is 0 Å². The lowest BCUT2D eigenvalue weighted by molar-refractivity contribution is 0.0401. The number of aromatic nitrogens is 5. The Hall–Kier alpha value is -1.73. The van der Waals surface area contributed by atoms with Crippen molar-refractivity contribution in [1.82, 2.24) is 29.4 Å². The lowest BCUT2D eigenvalue weighted by Crippen LogP contribution is -2.38. The monoisotopic (exact) mass is 332 g/mol. The molecule has 1 saturated heterocycles. The fraction of sp³-hybridized carbons (Fsp3) is 0.706. The van der Waals surface area contributed by atoms with E-state index in [1.54, 1.807) is 6.20 Å². The van der Waals surface area contributed by atoms with E-state index in [0.717, 1.165) is 44.0 Å². The van der Waals surface area contributed by atoms with Gasteiger partial charge in [0.15, 0.2) is 0 Å². The maximum atomic E-state index is 10.7. The standard InChI is InChI=1S/C17H28N6O/c1-17(2,3)23-12-14(19-20-23)11-22-8-5-6-13(10-22)15(24)16-18-7-9-21(16)4/h7,9,12-13,15,24H,5-6,8,10-11H2,1-4H3/t13-,15-/m1/s1. The van der Waals surface area contributed by atoms with E-state index in [2.05, 4.69) is 41.0 Å². The summed E-state index contributed by atoms with van der Waals surface area (Å²) in [6.07, 6.45) is 7.24. The van der Waals surface area contributed by atoms with Crippen LogP contribution in [-0.4, -0.2) is 47.6 Å². The third kappa shape index (κ3) is 3.67. The molecule has 1 N–H and O–H groups in total. The minimum absolute atomic E-state index is 0.0515. The van der Waals surface area contributed by atoms with Gasteiger partial charge in [-0.15, -0.1) is 5.10 Å². The number of imidazole rings is 1. The van der Waals surface area contributed by atoms with Gasteiger partial charge in [0, 0.05) is 38.4 Å². The number of hydrogen-bond donors (Lipinski definition) is 1. The zero-order chi connectivity index (χ0) is 17.3. The maximum Gasteiger partial charge on any atom is 0.137 e. The van der Waals surface area contributed by atoms with Crippen LogP contribution in [-0.2, 0) is 19.1 Å². The van der Waals surface area contributed by atoms with Crippen LogP contribution in [0.4, 0.5) is 0 Å². The molecular formula is C17H28N6O. The van der Waals surface area contributed by atoms with Crippen molar-refractivity contribution in [3.05, 3.63) is 30.1 Å². The van der Waals surface area contributed by atoms with Crippen molar-refractivity contribution in [2.75, 3.05) is 13.1 Å². The number of likely N-dealkylation sites (tertiary alicyclic amines) is 1. The van der Waals surface area contributed by atoms with E-state index in [1.165, 1.54) is 0 Å². The number of nitrogens with zero attached hydrogens (tertiary/aromatic N) is 6. The molecule has 3 rings (SSSR count). The molecule has 132 valence electrons. The SMILES string of the molecule is Cn1ccnc1[C@H](O)[C@@H]1CCCN(Cc2cn(C(C)(C)C)nn2)C1. The minimum Gasteiger partial charge on any atom is -0.385 e.